The van der Waals surface area contributed by atoms with Gasteiger partial charge < -0.3 is 76.4 Å². The van der Waals surface area contributed by atoms with Crippen LogP contribution in [0.2, 0.25) is 0 Å². The van der Waals surface area contributed by atoms with E-state index in [-0.39, 0.29) is 73.7 Å². The number of aliphatic hydroxyl groups excluding tert-OH is 2. The second-order valence-corrected chi connectivity index (χ2v) is 30.1. The number of nitrogen functional groups attached to an aromatic ring is 4. The smallest absolute Gasteiger partial charge is 0.394 e. The molecule has 0 aliphatic carbocycles. The number of aromatic amines is 3. The monoisotopic (exact) mass is 1630 g/mol. The number of nitrogens with two attached hydrogens (primary N) is 4. The maximum atomic E-state index is 14.3. The van der Waals surface area contributed by atoms with Crippen LogP contribution in [0.4, 0.5) is 23.5 Å². The third-order valence-corrected chi connectivity index (χ3v) is 21.4. The molecule has 550 valence electrons. The number of nitrogens with zero attached hydrogens (tertiary/aromatic N) is 11. The Kier molecular flexibility index (Phi) is 21.4. The number of aliphatic hydroxyl groups is 2. The third-order valence-electron chi connectivity index (χ3n) is 16.2. The molecule has 5 aliphatic heterocycles. The molecule has 12 heterocycles. The Bertz CT molecular complexity index is 4900. The number of ether oxygens (including phenoxy) is 5. The quantitative estimate of drug-likeness (QED) is 0.0212. The Labute approximate surface area is 577 Å². The molecular weight excluding hydrogens is 1580 g/mol. The summed E-state index contributed by atoms with van der Waals surface area (Å²) in [5, 5.41) is 21.1. The summed E-state index contributed by atoms with van der Waals surface area (Å²) >= 11 is 6.47. The lowest BCUT2D eigenvalue weighted by atomic mass is 10.2. The Morgan fingerprint density at radius 2 is 0.861 bits per heavy atom. The molecule has 53 heteroatoms. The van der Waals surface area contributed by atoms with E-state index in [9.17, 15) is 76.8 Å². The van der Waals surface area contributed by atoms with Crippen molar-refractivity contribution in [2.75, 3.05) is 56.0 Å². The summed E-state index contributed by atoms with van der Waals surface area (Å²) in [5.41, 5.74) is 17.5. The Morgan fingerprint density at radius 1 is 0.505 bits per heavy atom. The lowest BCUT2D eigenvalue weighted by Gasteiger charge is -2.25. The Morgan fingerprint density at radius 3 is 1.28 bits per heavy atom. The zero-order valence-electron chi connectivity index (χ0n) is 51.5. The molecule has 12 rings (SSSR count). The molecule has 5 fully saturated rings. The van der Waals surface area contributed by atoms with Gasteiger partial charge in [-0.15, -0.1) is 0 Å². The fraction of sp³-hybridized carbons (Fsp3) is 0.542. The lowest BCUT2D eigenvalue weighted by molar-refractivity contribution is -0.0645. The minimum atomic E-state index is -5.56. The van der Waals surface area contributed by atoms with Crippen molar-refractivity contribution in [1.29, 1.82) is 0 Å². The van der Waals surface area contributed by atoms with Gasteiger partial charge in [0.25, 0.3) is 16.7 Å². The number of phosphoric ester groups is 4. The second kappa shape index (κ2) is 29.2. The first-order valence-corrected chi connectivity index (χ1v) is 37.2. The number of anilines is 4. The highest BCUT2D eigenvalue weighted by molar-refractivity contribution is 9.10. The van der Waals surface area contributed by atoms with Crippen molar-refractivity contribution in [1.82, 2.24) is 67.7 Å². The summed E-state index contributed by atoms with van der Waals surface area (Å²) < 4.78 is 134. The van der Waals surface area contributed by atoms with E-state index >= 15 is 0 Å². The van der Waals surface area contributed by atoms with E-state index in [2.05, 4.69) is 76.7 Å². The van der Waals surface area contributed by atoms with Crippen LogP contribution in [-0.2, 0) is 78.1 Å². The van der Waals surface area contributed by atoms with Crippen molar-refractivity contribution in [2.45, 2.75) is 131 Å². The Hall–Kier alpha value is -6.54. The zero-order chi connectivity index (χ0) is 72.5. The molecule has 7 aromatic rings. The third kappa shape index (κ3) is 16.5. The van der Waals surface area contributed by atoms with Gasteiger partial charge in [0, 0.05) is 56.3 Å². The van der Waals surface area contributed by atoms with Gasteiger partial charge in [-0.25, -0.2) is 42.6 Å². The van der Waals surface area contributed by atoms with Crippen LogP contribution in [0.3, 0.4) is 0 Å². The highest BCUT2D eigenvalue weighted by atomic mass is 79.9. The molecule has 19 atom stereocenters. The molecule has 0 saturated carbocycles. The number of H-pyrrole nitrogens is 3. The van der Waals surface area contributed by atoms with Gasteiger partial charge in [0.1, 0.15) is 97.7 Å². The first kappa shape index (κ1) is 74.2. The van der Waals surface area contributed by atoms with Crippen LogP contribution in [0.1, 0.15) is 68.8 Å². The largest absolute Gasteiger partial charge is 0.472 e. The molecule has 5 saturated heterocycles. The number of hydrogen-bond acceptors (Lipinski definition) is 35. The van der Waals surface area contributed by atoms with E-state index in [1.165, 1.54) is 36.0 Å². The van der Waals surface area contributed by atoms with Gasteiger partial charge in [0.2, 0.25) is 11.9 Å². The van der Waals surface area contributed by atoms with Crippen LogP contribution < -0.4 is 56.7 Å². The van der Waals surface area contributed by atoms with E-state index in [1.807, 2.05) is 0 Å². The van der Waals surface area contributed by atoms with Gasteiger partial charge in [-0.05, 0) is 50.9 Å². The van der Waals surface area contributed by atoms with Crippen molar-refractivity contribution in [2.24, 2.45) is 0 Å². The van der Waals surface area contributed by atoms with Crippen molar-refractivity contribution in [3.63, 3.8) is 0 Å². The number of hydrogen-bond donors (Lipinski definition) is 13. The van der Waals surface area contributed by atoms with E-state index in [0.717, 1.165) is 24.5 Å². The number of nitrogens with one attached hydrogen (secondary N) is 3. The maximum absolute atomic E-state index is 14.3. The Balaban J connectivity index is 0.743. The highest BCUT2D eigenvalue weighted by Gasteiger charge is 2.50. The molecule has 0 bridgehead atoms. The lowest BCUT2D eigenvalue weighted by Crippen LogP contribution is -2.33. The number of aromatic nitrogens is 14. The molecule has 7 aromatic heterocycles. The number of rotatable bonds is 26. The minimum absolute atomic E-state index is 0.0245. The molecule has 4 unspecified atom stereocenters. The fourth-order valence-electron chi connectivity index (χ4n) is 11.6. The second-order valence-electron chi connectivity index (χ2n) is 23.0. The molecule has 0 amide bonds. The maximum Gasteiger partial charge on any atom is 0.472 e. The summed E-state index contributed by atoms with van der Waals surface area (Å²) in [6, 6.07) is 2.43. The van der Waals surface area contributed by atoms with Crippen molar-refractivity contribution >= 4 is 109 Å². The standard InChI is InChI=1S/C48H60Br2N18O29P4/c1-17-11-66(48(76)63-39(17)71)32-7-19(23(12-69)89-32)94-99(79,80)86-14-25-21(9-31(91-25)65-5-3-29(52)56-47(65)75)96-100(81,82)88-16-27-22(10-34(93-27)68-38-36(58-43(68)50)41(73)62-45(54)60-38)97-101(83,84)87-15-26-20(8-30(92-26)64-4-2-28(51)55-46(64)74)95-98(77,78)85-13-24-18(70)6-33(90-24)67-37-35(57-42(67)49)40(72)61-44(53)59-37/h2-5,11,18-27,30-34,69-70H,6-10,12-16H2,1H3,(H,77,78)(H,79,80)(H,81,82)(H,83,84)(H2,51,55,74)(H2,52,56,75)(H,63,71,76)(H3,53,59,61,72)(H3,54,60,62,73)/t18-,19-,20-,21-,22-,23+,24+,25+,26+,27+,30+,31+,32+,33+,34+/m0/s1. The van der Waals surface area contributed by atoms with Crippen molar-refractivity contribution in [3.05, 3.63) is 108 Å². The van der Waals surface area contributed by atoms with Gasteiger partial charge in [0.15, 0.2) is 31.8 Å². The van der Waals surface area contributed by atoms with Gasteiger partial charge in [-0.1, -0.05) is 0 Å². The number of fused-ring (bicyclic) bond motifs is 2. The summed E-state index contributed by atoms with van der Waals surface area (Å²) in [6.45, 7) is -3.36. The van der Waals surface area contributed by atoms with E-state index in [1.54, 1.807) is 0 Å². The first-order chi connectivity index (χ1) is 47.6. The fourth-order valence-corrected chi connectivity index (χ4v) is 16.6. The van der Waals surface area contributed by atoms with Crippen LogP contribution in [0.15, 0.2) is 69.0 Å². The number of imidazole rings is 2. The van der Waals surface area contributed by atoms with Crippen molar-refractivity contribution in [3.8, 4) is 0 Å². The summed E-state index contributed by atoms with van der Waals surface area (Å²) in [4.78, 5) is 152. The van der Waals surface area contributed by atoms with Gasteiger partial charge in [-0.3, -0.25) is 88.4 Å². The topological polar surface area (TPSA) is 666 Å². The zero-order valence-corrected chi connectivity index (χ0v) is 58.2. The van der Waals surface area contributed by atoms with E-state index < -0.39 is 210 Å². The molecule has 101 heavy (non-hydrogen) atoms. The van der Waals surface area contributed by atoms with Crippen LogP contribution in [-0.4, -0.2) is 192 Å². The molecular formula is C48H60Br2N18O29P4. The molecule has 5 aliphatic rings. The molecule has 0 spiro atoms. The SMILES string of the molecule is Cc1cn([C@H]2C[C@H](OP(=O)(O)OC[C@H]3O[C@@H](n4ccc(N)nc4=O)C[C@@H]3OP(=O)(O)OC[C@H]3O[C@@H](n4c(Br)nc5c(=O)[nH]c(N)nc54)C[C@@H]3OP(=O)(O)OC[C@H]3O[C@@H](n4ccc(N)nc4=O)C[C@@H]3OP(=O)(O)OC[C@H]3O[C@@H](n4c(Br)nc5c(=O)[nH]c(N)nc54)C[C@@H]3O)[C@@H](CO)O2)c(=O)[nH]c1=O. The predicted octanol–water partition coefficient (Wildman–Crippen LogP) is -1.72. The molecule has 0 aromatic carbocycles. The van der Waals surface area contributed by atoms with Crippen LogP contribution in [0.5, 0.6) is 0 Å². The average Bonchev–Trinajstić information content (AvgIpc) is 1.62. The van der Waals surface area contributed by atoms with E-state index in [4.69, 9.17) is 82.8 Å². The van der Waals surface area contributed by atoms with Gasteiger partial charge in [0.05, 0.1) is 39.1 Å². The molecule has 0 radical (unpaired) electrons. The predicted molar refractivity (Wildman–Crippen MR) is 341 cm³/mol. The highest BCUT2D eigenvalue weighted by Crippen LogP contribution is 2.55. The number of halogens is 2. The van der Waals surface area contributed by atoms with Crippen LogP contribution in [0.25, 0.3) is 22.3 Å². The van der Waals surface area contributed by atoms with Gasteiger partial charge in [-0.2, -0.15) is 19.9 Å². The summed E-state index contributed by atoms with van der Waals surface area (Å²) in [6.07, 6.45) is -20.8. The molecule has 17 N–H and O–H groups in total. The minimum Gasteiger partial charge on any atom is -0.394 e. The van der Waals surface area contributed by atoms with Crippen LogP contribution in [0, 0.1) is 6.92 Å². The normalized spacial score (nSPS) is 29.3. The van der Waals surface area contributed by atoms with Gasteiger partial charge >= 0.3 is 48.4 Å². The number of phosphoric acid groups is 4. The number of aryl methyl sites for hydroxylation is 1. The first-order valence-electron chi connectivity index (χ1n) is 29.7. The summed E-state index contributed by atoms with van der Waals surface area (Å²) in [7, 11) is -21.7. The average molecular weight is 1640 g/mol. The molecule has 47 nitrogen and oxygen atoms in total. The summed E-state index contributed by atoms with van der Waals surface area (Å²) in [5.74, 6) is -1.04. The van der Waals surface area contributed by atoms with Crippen molar-refractivity contribution < 1.29 is 108 Å². The van der Waals surface area contributed by atoms with Crippen LogP contribution >= 0.6 is 63.2 Å². The van der Waals surface area contributed by atoms with E-state index in [0.29, 0.717) is 0 Å².